The van der Waals surface area contributed by atoms with E-state index < -0.39 is 17.7 Å². The van der Waals surface area contributed by atoms with Crippen LogP contribution >= 0.6 is 11.6 Å². The summed E-state index contributed by atoms with van der Waals surface area (Å²) in [7, 11) is 1.31. The number of nitrogens with zero attached hydrogens (tertiary/aromatic N) is 1. The van der Waals surface area contributed by atoms with E-state index in [2.05, 4.69) is 9.72 Å². The van der Waals surface area contributed by atoms with Crippen LogP contribution in [0, 0.1) is 5.82 Å². The fourth-order valence-corrected chi connectivity index (χ4v) is 2.07. The van der Waals surface area contributed by atoms with Crippen molar-refractivity contribution in [3.05, 3.63) is 40.8 Å². The van der Waals surface area contributed by atoms with Crippen LogP contribution in [0.2, 0.25) is 5.15 Å². The van der Waals surface area contributed by atoms with Gasteiger partial charge >= 0.3 is 5.97 Å². The van der Waals surface area contributed by atoms with Gasteiger partial charge in [-0.1, -0.05) is 23.7 Å². The molecule has 0 bridgehead atoms. The number of carbonyl (C=O) groups is 1. The Morgan fingerprint density at radius 2 is 2.22 bits per heavy atom. The van der Waals surface area contributed by atoms with E-state index in [1.165, 1.54) is 13.2 Å². The normalized spacial score (nSPS) is 12.4. The molecule has 2 rings (SSSR count). The summed E-state index contributed by atoms with van der Waals surface area (Å²) in [4.78, 5) is 15.5. The zero-order valence-electron chi connectivity index (χ0n) is 9.91. The Labute approximate surface area is 109 Å². The molecule has 0 aliphatic rings. The Morgan fingerprint density at radius 1 is 1.50 bits per heavy atom. The Kier molecular flexibility index (Phi) is 3.48. The Bertz CT molecular complexity index is 615. The predicted octanol–water partition coefficient (Wildman–Crippen LogP) is 3.30. The third-order valence-electron chi connectivity index (χ3n) is 2.81. The van der Waals surface area contributed by atoms with Crippen molar-refractivity contribution in [2.45, 2.75) is 12.8 Å². The molecule has 5 heteroatoms. The fourth-order valence-electron chi connectivity index (χ4n) is 1.87. The van der Waals surface area contributed by atoms with E-state index in [9.17, 15) is 9.18 Å². The molecule has 0 aliphatic carbocycles. The maximum Gasteiger partial charge on any atom is 0.312 e. The maximum atomic E-state index is 13.7. The molecular formula is C13H11ClFNO2. The molecule has 1 heterocycles. The SMILES string of the molecule is COC(=O)C(C)c1cc(Cl)nc2c(F)cccc12. The highest BCUT2D eigenvalue weighted by Gasteiger charge is 2.20. The first-order valence-electron chi connectivity index (χ1n) is 5.37. The second kappa shape index (κ2) is 4.90. The van der Waals surface area contributed by atoms with E-state index in [4.69, 9.17) is 11.6 Å². The molecule has 0 saturated carbocycles. The number of hydrogen-bond acceptors (Lipinski definition) is 3. The number of esters is 1. The lowest BCUT2D eigenvalue weighted by Gasteiger charge is -2.13. The van der Waals surface area contributed by atoms with Crippen molar-refractivity contribution in [2.75, 3.05) is 7.11 Å². The van der Waals surface area contributed by atoms with Crippen LogP contribution in [0.4, 0.5) is 4.39 Å². The van der Waals surface area contributed by atoms with Gasteiger partial charge in [0, 0.05) is 5.39 Å². The highest BCUT2D eigenvalue weighted by molar-refractivity contribution is 6.30. The number of para-hydroxylation sites is 1. The van der Waals surface area contributed by atoms with Gasteiger partial charge in [-0.2, -0.15) is 0 Å². The van der Waals surface area contributed by atoms with E-state index in [0.29, 0.717) is 10.9 Å². The van der Waals surface area contributed by atoms with E-state index in [-0.39, 0.29) is 10.7 Å². The highest BCUT2D eigenvalue weighted by atomic mass is 35.5. The van der Waals surface area contributed by atoms with Crippen LogP contribution in [0.15, 0.2) is 24.3 Å². The van der Waals surface area contributed by atoms with E-state index in [1.807, 2.05) is 0 Å². The number of benzene rings is 1. The first-order valence-corrected chi connectivity index (χ1v) is 5.75. The van der Waals surface area contributed by atoms with Gasteiger partial charge in [0.2, 0.25) is 0 Å². The molecule has 1 aromatic heterocycles. The molecule has 0 N–H and O–H groups in total. The molecule has 18 heavy (non-hydrogen) atoms. The summed E-state index contributed by atoms with van der Waals surface area (Å²) in [5.74, 6) is -1.39. The lowest BCUT2D eigenvalue weighted by atomic mass is 9.97. The van der Waals surface area contributed by atoms with Gasteiger partial charge in [0.15, 0.2) is 0 Å². The summed E-state index contributed by atoms with van der Waals surface area (Å²) in [6, 6.07) is 6.14. The first-order chi connectivity index (χ1) is 8.54. The average molecular weight is 268 g/mol. The van der Waals surface area contributed by atoms with Gasteiger partial charge < -0.3 is 4.74 Å². The number of ether oxygens (including phenoxy) is 1. The molecule has 0 fully saturated rings. The van der Waals surface area contributed by atoms with E-state index in [0.717, 1.165) is 0 Å². The van der Waals surface area contributed by atoms with Crippen molar-refractivity contribution in [2.24, 2.45) is 0 Å². The molecule has 0 amide bonds. The Hall–Kier alpha value is -1.68. The van der Waals surface area contributed by atoms with Crippen LogP contribution in [0.3, 0.4) is 0 Å². The smallest absolute Gasteiger partial charge is 0.312 e. The Balaban J connectivity index is 2.70. The van der Waals surface area contributed by atoms with Crippen molar-refractivity contribution in [1.29, 1.82) is 0 Å². The monoisotopic (exact) mass is 267 g/mol. The molecule has 2 aromatic rings. The van der Waals surface area contributed by atoms with E-state index >= 15 is 0 Å². The number of pyridine rings is 1. The average Bonchev–Trinajstić information content (AvgIpc) is 2.37. The molecule has 3 nitrogen and oxygen atoms in total. The zero-order valence-corrected chi connectivity index (χ0v) is 10.7. The van der Waals surface area contributed by atoms with Crippen LogP contribution in [0.5, 0.6) is 0 Å². The predicted molar refractivity (Wildman–Crippen MR) is 67.1 cm³/mol. The highest BCUT2D eigenvalue weighted by Crippen LogP contribution is 2.29. The lowest BCUT2D eigenvalue weighted by molar-refractivity contribution is -0.141. The molecule has 0 spiro atoms. The third kappa shape index (κ3) is 2.16. The molecular weight excluding hydrogens is 257 g/mol. The van der Waals surface area contributed by atoms with E-state index in [1.54, 1.807) is 25.1 Å². The molecule has 1 atom stereocenters. The number of aromatic nitrogens is 1. The lowest BCUT2D eigenvalue weighted by Crippen LogP contribution is -2.11. The maximum absolute atomic E-state index is 13.7. The summed E-state index contributed by atoms with van der Waals surface area (Å²) < 4.78 is 18.3. The minimum absolute atomic E-state index is 0.151. The summed E-state index contributed by atoms with van der Waals surface area (Å²) in [6.45, 7) is 1.68. The Morgan fingerprint density at radius 3 is 2.89 bits per heavy atom. The van der Waals surface area contributed by atoms with Gasteiger partial charge in [-0.05, 0) is 24.6 Å². The van der Waals surface area contributed by atoms with Crippen molar-refractivity contribution in [3.63, 3.8) is 0 Å². The largest absolute Gasteiger partial charge is 0.469 e. The van der Waals surface area contributed by atoms with Gasteiger partial charge in [-0.25, -0.2) is 9.37 Å². The van der Waals surface area contributed by atoms with Gasteiger partial charge in [-0.15, -0.1) is 0 Å². The number of rotatable bonds is 2. The van der Waals surface area contributed by atoms with Gasteiger partial charge in [0.1, 0.15) is 16.5 Å². The van der Waals surface area contributed by atoms with Gasteiger partial charge in [-0.3, -0.25) is 4.79 Å². The molecule has 94 valence electrons. The van der Waals surface area contributed by atoms with Crippen molar-refractivity contribution in [3.8, 4) is 0 Å². The standard InChI is InChI=1S/C13H11ClFNO2/c1-7(13(17)18-2)9-6-11(14)16-12-8(9)4-3-5-10(12)15/h3-7H,1-2H3. The fraction of sp³-hybridized carbons (Fsp3) is 0.231. The minimum Gasteiger partial charge on any atom is -0.469 e. The van der Waals surface area contributed by atoms with Crippen LogP contribution in [-0.4, -0.2) is 18.1 Å². The number of carbonyl (C=O) groups excluding carboxylic acids is 1. The molecule has 0 aliphatic heterocycles. The molecule has 1 unspecified atom stereocenters. The third-order valence-corrected chi connectivity index (χ3v) is 3.01. The van der Waals surface area contributed by atoms with Crippen LogP contribution < -0.4 is 0 Å². The summed E-state index contributed by atoms with van der Waals surface area (Å²) in [5.41, 5.74) is 0.770. The quantitative estimate of drug-likeness (QED) is 0.619. The second-order valence-electron chi connectivity index (χ2n) is 3.92. The summed E-state index contributed by atoms with van der Waals surface area (Å²) in [6.07, 6.45) is 0. The number of halogens is 2. The first kappa shape index (κ1) is 12.8. The van der Waals surface area contributed by atoms with Gasteiger partial charge in [0.05, 0.1) is 13.0 Å². The molecule has 0 radical (unpaired) electrons. The number of hydrogen-bond donors (Lipinski definition) is 0. The van der Waals surface area contributed by atoms with Crippen LogP contribution in [0.1, 0.15) is 18.4 Å². The van der Waals surface area contributed by atoms with Crippen LogP contribution in [0.25, 0.3) is 10.9 Å². The molecule has 0 saturated heterocycles. The van der Waals surface area contributed by atoms with Crippen molar-refractivity contribution >= 4 is 28.5 Å². The zero-order chi connectivity index (χ0) is 13.3. The number of fused-ring (bicyclic) bond motifs is 1. The summed E-state index contributed by atoms with van der Waals surface area (Å²) >= 11 is 5.86. The van der Waals surface area contributed by atoms with Gasteiger partial charge in [0.25, 0.3) is 0 Å². The number of methoxy groups -OCH3 is 1. The minimum atomic E-state index is -0.528. The van der Waals surface area contributed by atoms with Crippen molar-refractivity contribution in [1.82, 2.24) is 4.98 Å². The topological polar surface area (TPSA) is 39.2 Å². The van der Waals surface area contributed by atoms with Crippen molar-refractivity contribution < 1.29 is 13.9 Å². The molecule has 1 aromatic carbocycles. The van der Waals surface area contributed by atoms with Crippen LogP contribution in [-0.2, 0) is 9.53 Å². The summed E-state index contributed by atoms with van der Waals surface area (Å²) in [5, 5.41) is 0.718. The second-order valence-corrected chi connectivity index (χ2v) is 4.30.